The highest BCUT2D eigenvalue weighted by atomic mass is 32.2. The molecule has 0 saturated heterocycles. The van der Waals surface area contributed by atoms with Crippen LogP contribution in [0.5, 0.6) is 0 Å². The van der Waals surface area contributed by atoms with Crippen molar-refractivity contribution < 1.29 is 5.11 Å². The average Bonchev–Trinajstić information content (AvgIpc) is 2.30. The fourth-order valence-corrected chi connectivity index (χ4v) is 3.22. The second-order valence-electron chi connectivity index (χ2n) is 5.60. The highest BCUT2D eigenvalue weighted by molar-refractivity contribution is 8.00. The van der Waals surface area contributed by atoms with Crippen LogP contribution >= 0.6 is 11.8 Å². The lowest BCUT2D eigenvalue weighted by atomic mass is 9.64. The molecule has 1 fully saturated rings. The third kappa shape index (κ3) is 2.57. The molecule has 3 heteroatoms. The normalized spacial score (nSPS) is 28.9. The summed E-state index contributed by atoms with van der Waals surface area (Å²) >= 11 is 1.97. The Balaban J connectivity index is 2.45. The highest BCUT2D eigenvalue weighted by Gasteiger charge is 2.47. The van der Waals surface area contributed by atoms with Gasteiger partial charge in [0.05, 0.1) is 6.10 Å². The van der Waals surface area contributed by atoms with Crippen molar-refractivity contribution in [3.05, 3.63) is 0 Å². The summed E-state index contributed by atoms with van der Waals surface area (Å²) in [6.07, 6.45) is 5.39. The zero-order valence-electron chi connectivity index (χ0n) is 11.3. The Labute approximate surface area is 105 Å². The van der Waals surface area contributed by atoms with Crippen LogP contribution in [0.3, 0.4) is 0 Å². The predicted molar refractivity (Wildman–Crippen MR) is 73.0 cm³/mol. The molecule has 0 radical (unpaired) electrons. The maximum absolute atomic E-state index is 9.70. The van der Waals surface area contributed by atoms with Crippen LogP contribution in [-0.2, 0) is 0 Å². The summed E-state index contributed by atoms with van der Waals surface area (Å²) in [4.78, 5) is 0. The van der Waals surface area contributed by atoms with E-state index in [1.807, 2.05) is 11.8 Å². The van der Waals surface area contributed by atoms with Crippen molar-refractivity contribution in [1.82, 2.24) is 5.32 Å². The van der Waals surface area contributed by atoms with Crippen molar-refractivity contribution in [3.63, 3.8) is 0 Å². The zero-order chi connectivity index (χ0) is 12.4. The van der Waals surface area contributed by atoms with Gasteiger partial charge in [0, 0.05) is 22.7 Å². The Kier molecular flexibility index (Phi) is 4.73. The summed E-state index contributed by atoms with van der Waals surface area (Å²) in [7, 11) is 0. The lowest BCUT2D eigenvalue weighted by Crippen LogP contribution is -2.61. The Morgan fingerprint density at radius 3 is 2.25 bits per heavy atom. The molecule has 1 aliphatic rings. The van der Waals surface area contributed by atoms with Gasteiger partial charge in [-0.3, -0.25) is 0 Å². The molecule has 0 heterocycles. The van der Waals surface area contributed by atoms with Crippen LogP contribution in [-0.4, -0.2) is 34.8 Å². The molecule has 1 saturated carbocycles. The van der Waals surface area contributed by atoms with Crippen LogP contribution in [0, 0.1) is 5.41 Å². The van der Waals surface area contributed by atoms with E-state index in [-0.39, 0.29) is 11.5 Å². The van der Waals surface area contributed by atoms with E-state index in [0.717, 1.165) is 13.0 Å². The molecule has 0 aromatic rings. The number of hydrogen-bond acceptors (Lipinski definition) is 3. The quantitative estimate of drug-likeness (QED) is 0.754. The Morgan fingerprint density at radius 1 is 1.38 bits per heavy atom. The van der Waals surface area contributed by atoms with Gasteiger partial charge in [0.1, 0.15) is 0 Å². The van der Waals surface area contributed by atoms with E-state index in [2.05, 4.69) is 39.3 Å². The van der Waals surface area contributed by atoms with Crippen LogP contribution in [0.1, 0.15) is 47.0 Å². The average molecular weight is 245 g/mol. The first kappa shape index (κ1) is 14.3. The topological polar surface area (TPSA) is 32.3 Å². The van der Waals surface area contributed by atoms with Crippen LogP contribution in [0.25, 0.3) is 0 Å². The van der Waals surface area contributed by atoms with E-state index in [9.17, 15) is 5.11 Å². The SMILES string of the molecule is CCC(CC)(CNC1CC(O)C1(C)C)SC. The van der Waals surface area contributed by atoms with E-state index in [4.69, 9.17) is 0 Å². The van der Waals surface area contributed by atoms with Gasteiger partial charge in [-0.05, 0) is 25.5 Å². The molecule has 0 aliphatic heterocycles. The van der Waals surface area contributed by atoms with Gasteiger partial charge in [0.25, 0.3) is 0 Å². The fraction of sp³-hybridized carbons (Fsp3) is 1.00. The maximum Gasteiger partial charge on any atom is 0.0621 e. The molecule has 2 N–H and O–H groups in total. The molecule has 0 spiro atoms. The van der Waals surface area contributed by atoms with Crippen molar-refractivity contribution >= 4 is 11.8 Å². The molecular weight excluding hydrogens is 218 g/mol. The van der Waals surface area contributed by atoms with Gasteiger partial charge in [0.15, 0.2) is 0 Å². The first-order chi connectivity index (χ1) is 7.41. The highest BCUT2D eigenvalue weighted by Crippen LogP contribution is 2.41. The Morgan fingerprint density at radius 2 is 1.94 bits per heavy atom. The van der Waals surface area contributed by atoms with Crippen molar-refractivity contribution in [2.45, 2.75) is 63.9 Å². The van der Waals surface area contributed by atoms with Crippen LogP contribution in [0.2, 0.25) is 0 Å². The minimum atomic E-state index is -0.128. The van der Waals surface area contributed by atoms with Crippen molar-refractivity contribution in [1.29, 1.82) is 0 Å². The van der Waals surface area contributed by atoms with Gasteiger partial charge in [0.2, 0.25) is 0 Å². The smallest absolute Gasteiger partial charge is 0.0621 e. The standard InChI is InChI=1S/C13H27NOS/c1-6-13(7-2,16-5)9-14-10-8-11(15)12(10,3)4/h10-11,14-15H,6-9H2,1-5H3. The molecule has 0 aromatic heterocycles. The summed E-state index contributed by atoms with van der Waals surface area (Å²) in [6, 6.07) is 0.479. The Bertz CT molecular complexity index is 218. The van der Waals surface area contributed by atoms with E-state index in [0.29, 0.717) is 10.8 Å². The second kappa shape index (κ2) is 5.28. The molecule has 96 valence electrons. The van der Waals surface area contributed by atoms with Crippen LogP contribution in [0.15, 0.2) is 0 Å². The number of nitrogens with one attached hydrogen (secondary N) is 1. The summed E-state index contributed by atoms with van der Waals surface area (Å²) in [5, 5.41) is 13.4. The number of thioether (sulfide) groups is 1. The molecule has 2 nitrogen and oxygen atoms in total. The molecular formula is C13H27NOS. The summed E-state index contributed by atoms with van der Waals surface area (Å²) in [5.41, 5.74) is 0.0473. The summed E-state index contributed by atoms with van der Waals surface area (Å²) in [5.74, 6) is 0. The third-order valence-electron chi connectivity index (χ3n) is 4.61. The largest absolute Gasteiger partial charge is 0.392 e. The van der Waals surface area contributed by atoms with E-state index < -0.39 is 0 Å². The van der Waals surface area contributed by atoms with Gasteiger partial charge >= 0.3 is 0 Å². The van der Waals surface area contributed by atoms with E-state index >= 15 is 0 Å². The lowest BCUT2D eigenvalue weighted by Gasteiger charge is -2.50. The fourth-order valence-electron chi connectivity index (χ4n) is 2.42. The minimum Gasteiger partial charge on any atom is -0.392 e. The molecule has 0 amide bonds. The summed E-state index contributed by atoms with van der Waals surface area (Å²) in [6.45, 7) is 9.89. The molecule has 1 aliphatic carbocycles. The molecule has 1 rings (SSSR count). The second-order valence-corrected chi connectivity index (χ2v) is 6.87. The van der Waals surface area contributed by atoms with Crippen molar-refractivity contribution in [2.24, 2.45) is 5.41 Å². The molecule has 2 unspecified atom stereocenters. The molecule has 16 heavy (non-hydrogen) atoms. The Hall–Kier alpha value is 0.270. The maximum atomic E-state index is 9.70. The van der Waals surface area contributed by atoms with Crippen molar-refractivity contribution in [3.8, 4) is 0 Å². The molecule has 0 aromatic carbocycles. The number of aliphatic hydroxyl groups excluding tert-OH is 1. The van der Waals surface area contributed by atoms with Gasteiger partial charge in [-0.1, -0.05) is 27.7 Å². The van der Waals surface area contributed by atoms with E-state index in [1.165, 1.54) is 12.8 Å². The zero-order valence-corrected chi connectivity index (χ0v) is 12.2. The van der Waals surface area contributed by atoms with Gasteiger partial charge < -0.3 is 10.4 Å². The number of hydrogen-bond donors (Lipinski definition) is 2. The number of aliphatic hydroxyl groups is 1. The number of rotatable bonds is 6. The van der Waals surface area contributed by atoms with Crippen LogP contribution in [0.4, 0.5) is 0 Å². The predicted octanol–water partition coefficient (Wildman–Crippen LogP) is 2.66. The van der Waals surface area contributed by atoms with Crippen molar-refractivity contribution in [2.75, 3.05) is 12.8 Å². The molecule has 2 atom stereocenters. The lowest BCUT2D eigenvalue weighted by molar-refractivity contribution is -0.0729. The van der Waals surface area contributed by atoms with Gasteiger partial charge in [-0.2, -0.15) is 11.8 Å². The minimum absolute atomic E-state index is 0.0473. The van der Waals surface area contributed by atoms with Gasteiger partial charge in [-0.25, -0.2) is 0 Å². The monoisotopic (exact) mass is 245 g/mol. The van der Waals surface area contributed by atoms with Crippen LogP contribution < -0.4 is 5.32 Å². The first-order valence-electron chi connectivity index (χ1n) is 6.38. The first-order valence-corrected chi connectivity index (χ1v) is 7.61. The van der Waals surface area contributed by atoms with E-state index in [1.54, 1.807) is 0 Å². The van der Waals surface area contributed by atoms with Gasteiger partial charge in [-0.15, -0.1) is 0 Å². The third-order valence-corrected chi connectivity index (χ3v) is 6.20. The molecule has 0 bridgehead atoms. The summed E-state index contributed by atoms with van der Waals surface area (Å²) < 4.78 is 0.372.